The molecule has 0 fully saturated rings. The lowest BCUT2D eigenvalue weighted by atomic mass is 10.2. The molecule has 0 amide bonds. The van der Waals surface area contributed by atoms with Gasteiger partial charge >= 0.3 is 5.97 Å². The van der Waals surface area contributed by atoms with Crippen molar-refractivity contribution in [2.75, 3.05) is 25.6 Å². The largest absolute Gasteiger partial charge is 0.461 e. The van der Waals surface area contributed by atoms with Crippen molar-refractivity contribution >= 4 is 17.6 Å². The van der Waals surface area contributed by atoms with Gasteiger partial charge in [0.25, 0.3) is 0 Å². The van der Waals surface area contributed by atoms with Gasteiger partial charge in [0.2, 0.25) is 0 Å². The normalized spacial score (nSPS) is 9.93. The number of carbonyl (C=O) groups is 1. The summed E-state index contributed by atoms with van der Waals surface area (Å²) in [4.78, 5) is 11.4. The van der Waals surface area contributed by atoms with Crippen molar-refractivity contribution in [2.24, 2.45) is 0 Å². The number of benzene rings is 1. The first-order chi connectivity index (χ1) is 7.34. The summed E-state index contributed by atoms with van der Waals surface area (Å²) in [7, 11) is 0. The maximum absolute atomic E-state index is 11.4. The van der Waals surface area contributed by atoms with Crippen LogP contribution in [0.25, 0.3) is 0 Å². The number of alkyl halides is 1. The fourth-order valence-electron chi connectivity index (χ4n) is 1.07. The first kappa shape index (κ1) is 12.0. The first-order valence-electron chi connectivity index (χ1n) is 4.83. The molecule has 0 aliphatic carbocycles. The Morgan fingerprint density at radius 2 is 2.00 bits per heavy atom. The van der Waals surface area contributed by atoms with Crippen molar-refractivity contribution in [3.63, 3.8) is 0 Å². The maximum atomic E-state index is 11.4. The second kappa shape index (κ2) is 7.26. The summed E-state index contributed by atoms with van der Waals surface area (Å²) in [5.41, 5.74) is 0.579. The van der Waals surface area contributed by atoms with Gasteiger partial charge in [-0.25, -0.2) is 4.79 Å². The Hall–Kier alpha value is -1.06. The summed E-state index contributed by atoms with van der Waals surface area (Å²) < 4.78 is 5.03. The van der Waals surface area contributed by atoms with Gasteiger partial charge in [-0.3, -0.25) is 0 Å². The zero-order chi connectivity index (χ0) is 10.9. The highest BCUT2D eigenvalue weighted by molar-refractivity contribution is 6.18. The van der Waals surface area contributed by atoms with Gasteiger partial charge < -0.3 is 10.1 Å². The topological polar surface area (TPSA) is 38.3 Å². The number of hydrogen-bond donors (Lipinski definition) is 1. The smallest absolute Gasteiger partial charge is 0.338 e. The van der Waals surface area contributed by atoms with Gasteiger partial charge in [-0.05, 0) is 12.1 Å². The summed E-state index contributed by atoms with van der Waals surface area (Å²) in [5, 5.41) is 3.03. The summed E-state index contributed by atoms with van der Waals surface area (Å²) in [6.07, 6.45) is 0. The van der Waals surface area contributed by atoms with E-state index in [-0.39, 0.29) is 5.97 Å². The van der Waals surface area contributed by atoms with Crippen LogP contribution in [0.3, 0.4) is 0 Å². The average Bonchev–Trinajstić information content (AvgIpc) is 2.30. The quantitative estimate of drug-likeness (QED) is 0.457. The van der Waals surface area contributed by atoms with Gasteiger partial charge in [0, 0.05) is 19.0 Å². The minimum atomic E-state index is -0.289. The number of esters is 1. The second-order valence-electron chi connectivity index (χ2n) is 2.94. The maximum Gasteiger partial charge on any atom is 0.338 e. The van der Waals surface area contributed by atoms with Crippen molar-refractivity contribution < 1.29 is 9.53 Å². The fraction of sp³-hybridized carbons (Fsp3) is 0.364. The van der Waals surface area contributed by atoms with Gasteiger partial charge in [-0.1, -0.05) is 18.2 Å². The third kappa shape index (κ3) is 4.81. The van der Waals surface area contributed by atoms with Crippen LogP contribution in [0.2, 0.25) is 0 Å². The predicted octanol–water partition coefficient (Wildman–Crippen LogP) is 1.67. The Morgan fingerprint density at radius 3 is 2.67 bits per heavy atom. The Kier molecular flexibility index (Phi) is 5.81. The molecule has 1 N–H and O–H groups in total. The van der Waals surface area contributed by atoms with Crippen LogP contribution in [0.15, 0.2) is 30.3 Å². The number of ether oxygens (including phenoxy) is 1. The van der Waals surface area contributed by atoms with Crippen LogP contribution < -0.4 is 5.32 Å². The highest BCUT2D eigenvalue weighted by atomic mass is 35.5. The molecule has 0 saturated carbocycles. The minimum Gasteiger partial charge on any atom is -0.461 e. The highest BCUT2D eigenvalue weighted by Crippen LogP contribution is 2.00. The third-order valence-electron chi connectivity index (χ3n) is 1.79. The SMILES string of the molecule is O=C(OCCNCCCl)c1ccccc1. The van der Waals surface area contributed by atoms with Crippen molar-refractivity contribution in [2.45, 2.75) is 0 Å². The van der Waals surface area contributed by atoms with Crippen LogP contribution in [0.4, 0.5) is 0 Å². The molecule has 3 nitrogen and oxygen atoms in total. The molecule has 1 aromatic rings. The summed E-state index contributed by atoms with van der Waals surface area (Å²) in [5.74, 6) is 0.273. The van der Waals surface area contributed by atoms with Gasteiger partial charge in [0.05, 0.1) is 5.56 Å². The lowest BCUT2D eigenvalue weighted by Crippen LogP contribution is -2.23. The van der Waals surface area contributed by atoms with E-state index in [1.165, 1.54) is 0 Å². The molecule has 0 radical (unpaired) electrons. The molecular formula is C11H14ClNO2. The highest BCUT2D eigenvalue weighted by Gasteiger charge is 2.04. The molecule has 1 rings (SSSR count). The van der Waals surface area contributed by atoms with Crippen LogP contribution in [0, 0.1) is 0 Å². The average molecular weight is 228 g/mol. The molecule has 0 atom stereocenters. The van der Waals surface area contributed by atoms with E-state index in [0.29, 0.717) is 24.6 Å². The molecule has 0 aromatic heterocycles. The predicted molar refractivity (Wildman–Crippen MR) is 60.3 cm³/mol. The molecule has 1 aromatic carbocycles. The minimum absolute atomic E-state index is 0.289. The van der Waals surface area contributed by atoms with E-state index in [2.05, 4.69) is 5.32 Å². The number of carbonyl (C=O) groups excluding carboxylic acids is 1. The molecule has 82 valence electrons. The van der Waals surface area contributed by atoms with Gasteiger partial charge in [0.1, 0.15) is 6.61 Å². The zero-order valence-electron chi connectivity index (χ0n) is 8.41. The standard InChI is InChI=1S/C11H14ClNO2/c12-6-7-13-8-9-15-11(14)10-4-2-1-3-5-10/h1-5,13H,6-9H2. The van der Waals surface area contributed by atoms with Crippen LogP contribution >= 0.6 is 11.6 Å². The Labute approximate surface area is 94.4 Å². The fourth-order valence-corrected chi connectivity index (χ4v) is 1.20. The van der Waals surface area contributed by atoms with Crippen LogP contribution in [-0.4, -0.2) is 31.5 Å². The molecule has 0 heterocycles. The van der Waals surface area contributed by atoms with E-state index < -0.39 is 0 Å². The number of nitrogens with one attached hydrogen (secondary N) is 1. The molecule has 0 bridgehead atoms. The van der Waals surface area contributed by atoms with Gasteiger partial charge in [-0.2, -0.15) is 0 Å². The summed E-state index contributed by atoms with van der Waals surface area (Å²) in [6.45, 7) is 1.72. The van der Waals surface area contributed by atoms with Crippen LogP contribution in [-0.2, 0) is 4.74 Å². The van der Waals surface area contributed by atoms with Crippen LogP contribution in [0.1, 0.15) is 10.4 Å². The summed E-state index contributed by atoms with van der Waals surface area (Å²) >= 11 is 5.47. The van der Waals surface area contributed by atoms with Crippen molar-refractivity contribution in [1.29, 1.82) is 0 Å². The number of hydrogen-bond acceptors (Lipinski definition) is 3. The van der Waals surface area contributed by atoms with E-state index in [0.717, 1.165) is 6.54 Å². The van der Waals surface area contributed by atoms with E-state index in [1.807, 2.05) is 18.2 Å². The van der Waals surface area contributed by atoms with E-state index in [9.17, 15) is 4.79 Å². The molecule has 0 aliphatic heterocycles. The van der Waals surface area contributed by atoms with E-state index in [4.69, 9.17) is 16.3 Å². The number of halogens is 1. The third-order valence-corrected chi connectivity index (χ3v) is 1.98. The van der Waals surface area contributed by atoms with Gasteiger partial charge in [0.15, 0.2) is 0 Å². The van der Waals surface area contributed by atoms with E-state index >= 15 is 0 Å². The summed E-state index contributed by atoms with van der Waals surface area (Å²) in [6, 6.07) is 8.94. The van der Waals surface area contributed by atoms with Crippen LogP contribution in [0.5, 0.6) is 0 Å². The Morgan fingerprint density at radius 1 is 1.27 bits per heavy atom. The Balaban J connectivity index is 2.20. The molecule has 4 heteroatoms. The lowest BCUT2D eigenvalue weighted by molar-refractivity contribution is 0.0509. The molecule has 0 aliphatic rings. The van der Waals surface area contributed by atoms with E-state index in [1.54, 1.807) is 12.1 Å². The second-order valence-corrected chi connectivity index (χ2v) is 3.32. The van der Waals surface area contributed by atoms with Crippen molar-refractivity contribution in [3.05, 3.63) is 35.9 Å². The molecule has 0 spiro atoms. The van der Waals surface area contributed by atoms with Crippen molar-refractivity contribution in [1.82, 2.24) is 5.32 Å². The molecule has 15 heavy (non-hydrogen) atoms. The van der Waals surface area contributed by atoms with Crippen molar-refractivity contribution in [3.8, 4) is 0 Å². The molecule has 0 unspecified atom stereocenters. The number of rotatable bonds is 6. The monoisotopic (exact) mass is 227 g/mol. The van der Waals surface area contributed by atoms with Gasteiger partial charge in [-0.15, -0.1) is 11.6 Å². The molecular weight excluding hydrogens is 214 g/mol. The molecule has 0 saturated heterocycles. The Bertz CT molecular complexity index is 290. The zero-order valence-corrected chi connectivity index (χ0v) is 9.17. The lowest BCUT2D eigenvalue weighted by Gasteiger charge is -2.05. The first-order valence-corrected chi connectivity index (χ1v) is 5.37.